The number of hydrogen-bond donors (Lipinski definition) is 1. The summed E-state index contributed by atoms with van der Waals surface area (Å²) < 4.78 is 0. The molecule has 0 spiro atoms. The molecule has 2 heteroatoms. The summed E-state index contributed by atoms with van der Waals surface area (Å²) in [5.74, 6) is 5.69. The lowest BCUT2D eigenvalue weighted by Gasteiger charge is -2.05. The lowest BCUT2D eigenvalue weighted by Crippen LogP contribution is -2.25. The molecule has 2 nitrogen and oxygen atoms in total. The van der Waals surface area contributed by atoms with E-state index in [-0.39, 0.29) is 5.78 Å². The maximum atomic E-state index is 11.0. The molecule has 0 fully saturated rings. The Bertz CT molecular complexity index is 186. The van der Waals surface area contributed by atoms with Gasteiger partial charge in [0.05, 0.1) is 6.42 Å². The van der Waals surface area contributed by atoms with E-state index in [1.165, 1.54) is 0 Å². The molecular weight excluding hydrogens is 150 g/mol. The summed E-state index contributed by atoms with van der Waals surface area (Å²) in [6, 6.07) is 0.454. The van der Waals surface area contributed by atoms with E-state index < -0.39 is 0 Å². The zero-order valence-electron chi connectivity index (χ0n) is 8.11. The Kier molecular flexibility index (Phi) is 6.41. The molecule has 0 radical (unpaired) electrons. The highest BCUT2D eigenvalue weighted by atomic mass is 16.1. The molecule has 0 aromatic carbocycles. The predicted octanol–water partition coefficient (Wildman–Crippen LogP) is 1.36. The van der Waals surface area contributed by atoms with Gasteiger partial charge in [-0.25, -0.2) is 0 Å². The van der Waals surface area contributed by atoms with Gasteiger partial charge in [0.1, 0.15) is 5.78 Å². The zero-order chi connectivity index (χ0) is 9.40. The van der Waals surface area contributed by atoms with Gasteiger partial charge in [-0.3, -0.25) is 4.79 Å². The van der Waals surface area contributed by atoms with E-state index in [0.717, 1.165) is 6.54 Å². The third-order valence-electron chi connectivity index (χ3n) is 1.42. The molecule has 0 aromatic rings. The van der Waals surface area contributed by atoms with Gasteiger partial charge in [0.2, 0.25) is 0 Å². The molecule has 0 bridgehead atoms. The van der Waals surface area contributed by atoms with Gasteiger partial charge in [0, 0.05) is 19.0 Å². The normalized spacial score (nSPS) is 9.33. The van der Waals surface area contributed by atoms with Crippen molar-refractivity contribution >= 4 is 5.78 Å². The molecule has 0 saturated heterocycles. The molecule has 0 unspecified atom stereocenters. The largest absolute Gasteiger partial charge is 0.314 e. The van der Waals surface area contributed by atoms with Crippen molar-refractivity contribution in [2.45, 2.75) is 39.7 Å². The number of hydrogen-bond acceptors (Lipinski definition) is 2. The van der Waals surface area contributed by atoms with Gasteiger partial charge in [-0.2, -0.15) is 0 Å². The third kappa shape index (κ3) is 7.30. The average Bonchev–Trinajstić information content (AvgIpc) is 2.00. The summed E-state index contributed by atoms with van der Waals surface area (Å²) in [7, 11) is 0. The van der Waals surface area contributed by atoms with E-state index in [4.69, 9.17) is 0 Å². The summed E-state index contributed by atoms with van der Waals surface area (Å²) >= 11 is 0. The van der Waals surface area contributed by atoms with Gasteiger partial charge in [0.15, 0.2) is 0 Å². The van der Waals surface area contributed by atoms with E-state index >= 15 is 0 Å². The van der Waals surface area contributed by atoms with Crippen LogP contribution in [0.25, 0.3) is 0 Å². The second-order valence-corrected chi connectivity index (χ2v) is 3.00. The number of Topliss-reactive ketones (excluding diaryl/α,β-unsaturated/α-hetero) is 1. The van der Waals surface area contributed by atoms with Crippen molar-refractivity contribution in [2.24, 2.45) is 0 Å². The SMILES string of the molecule is CC#CCC(=O)CCNC(C)C. The fraction of sp³-hybridized carbons (Fsp3) is 0.700. The predicted molar refractivity (Wildman–Crippen MR) is 50.8 cm³/mol. The lowest BCUT2D eigenvalue weighted by molar-refractivity contribution is -0.118. The van der Waals surface area contributed by atoms with Gasteiger partial charge in [-0.15, -0.1) is 5.92 Å². The van der Waals surface area contributed by atoms with E-state index in [1.807, 2.05) is 0 Å². The average molecular weight is 167 g/mol. The van der Waals surface area contributed by atoms with E-state index in [1.54, 1.807) is 6.92 Å². The first-order valence-electron chi connectivity index (χ1n) is 4.31. The quantitative estimate of drug-likeness (QED) is 0.626. The Balaban J connectivity index is 3.36. The van der Waals surface area contributed by atoms with Gasteiger partial charge in [0.25, 0.3) is 0 Å². The van der Waals surface area contributed by atoms with Gasteiger partial charge < -0.3 is 5.32 Å². The van der Waals surface area contributed by atoms with Crippen molar-refractivity contribution in [3.63, 3.8) is 0 Å². The van der Waals surface area contributed by atoms with Crippen LogP contribution in [-0.4, -0.2) is 18.4 Å². The molecule has 0 aromatic heterocycles. The van der Waals surface area contributed by atoms with Crippen LogP contribution in [0.15, 0.2) is 0 Å². The number of rotatable bonds is 5. The minimum absolute atomic E-state index is 0.220. The van der Waals surface area contributed by atoms with Crippen LogP contribution in [-0.2, 0) is 4.79 Å². The topological polar surface area (TPSA) is 29.1 Å². The first kappa shape index (κ1) is 11.2. The van der Waals surface area contributed by atoms with Crippen LogP contribution in [0, 0.1) is 11.8 Å². The van der Waals surface area contributed by atoms with Crippen molar-refractivity contribution in [1.29, 1.82) is 0 Å². The highest BCUT2D eigenvalue weighted by molar-refractivity contribution is 5.80. The van der Waals surface area contributed by atoms with E-state index in [0.29, 0.717) is 18.9 Å². The standard InChI is InChI=1S/C10H17NO/c1-4-5-6-10(12)7-8-11-9(2)3/h9,11H,6-8H2,1-3H3. The molecule has 0 saturated carbocycles. The summed E-state index contributed by atoms with van der Waals surface area (Å²) in [4.78, 5) is 11.0. The molecule has 12 heavy (non-hydrogen) atoms. The van der Waals surface area contributed by atoms with Crippen LogP contribution >= 0.6 is 0 Å². The van der Waals surface area contributed by atoms with Crippen molar-refractivity contribution < 1.29 is 4.79 Å². The number of carbonyl (C=O) groups excluding carboxylic acids is 1. The summed E-state index contributed by atoms with van der Waals surface area (Å²) in [5.41, 5.74) is 0. The van der Waals surface area contributed by atoms with Gasteiger partial charge >= 0.3 is 0 Å². The number of nitrogens with one attached hydrogen (secondary N) is 1. The smallest absolute Gasteiger partial charge is 0.146 e. The first-order valence-corrected chi connectivity index (χ1v) is 4.31. The summed E-state index contributed by atoms with van der Waals surface area (Å²) in [6.45, 7) is 6.65. The van der Waals surface area contributed by atoms with Crippen molar-refractivity contribution in [2.75, 3.05) is 6.54 Å². The zero-order valence-corrected chi connectivity index (χ0v) is 8.11. The van der Waals surface area contributed by atoms with Crippen molar-refractivity contribution in [1.82, 2.24) is 5.32 Å². The number of ketones is 1. The minimum atomic E-state index is 0.220. The van der Waals surface area contributed by atoms with Crippen LogP contribution < -0.4 is 5.32 Å². The maximum absolute atomic E-state index is 11.0. The molecule has 0 rings (SSSR count). The molecule has 68 valence electrons. The summed E-state index contributed by atoms with van der Waals surface area (Å²) in [5, 5.41) is 3.18. The molecule has 0 aliphatic carbocycles. The Morgan fingerprint density at radius 2 is 2.17 bits per heavy atom. The molecule has 0 aliphatic heterocycles. The van der Waals surface area contributed by atoms with E-state index in [9.17, 15) is 4.79 Å². The molecular formula is C10H17NO. The number of carbonyl (C=O) groups is 1. The fourth-order valence-corrected chi connectivity index (χ4v) is 0.776. The van der Waals surface area contributed by atoms with Crippen LogP contribution in [0.2, 0.25) is 0 Å². The monoisotopic (exact) mass is 167 g/mol. The molecule has 0 aliphatic rings. The van der Waals surface area contributed by atoms with Crippen LogP contribution in [0.3, 0.4) is 0 Å². The summed E-state index contributed by atoms with van der Waals surface area (Å²) in [6.07, 6.45) is 0.989. The van der Waals surface area contributed by atoms with Crippen LogP contribution in [0.5, 0.6) is 0 Å². The Labute approximate surface area is 74.7 Å². The Hall–Kier alpha value is -0.810. The molecule has 1 N–H and O–H groups in total. The maximum Gasteiger partial charge on any atom is 0.146 e. The molecule has 0 atom stereocenters. The highest BCUT2D eigenvalue weighted by Gasteiger charge is 1.99. The second-order valence-electron chi connectivity index (χ2n) is 3.00. The van der Waals surface area contributed by atoms with Crippen molar-refractivity contribution in [3.8, 4) is 11.8 Å². The minimum Gasteiger partial charge on any atom is -0.314 e. The van der Waals surface area contributed by atoms with E-state index in [2.05, 4.69) is 31.0 Å². The molecule has 0 heterocycles. The third-order valence-corrected chi connectivity index (χ3v) is 1.42. The lowest BCUT2D eigenvalue weighted by atomic mass is 10.2. The van der Waals surface area contributed by atoms with Crippen LogP contribution in [0.1, 0.15) is 33.6 Å². The first-order chi connectivity index (χ1) is 5.66. The van der Waals surface area contributed by atoms with Crippen molar-refractivity contribution in [3.05, 3.63) is 0 Å². The van der Waals surface area contributed by atoms with Gasteiger partial charge in [-0.05, 0) is 6.92 Å². The Morgan fingerprint density at radius 1 is 1.50 bits per heavy atom. The molecule has 0 amide bonds. The highest BCUT2D eigenvalue weighted by Crippen LogP contribution is 1.87. The van der Waals surface area contributed by atoms with Gasteiger partial charge in [-0.1, -0.05) is 19.8 Å². The Morgan fingerprint density at radius 3 is 2.67 bits per heavy atom. The fourth-order valence-electron chi connectivity index (χ4n) is 0.776. The second kappa shape index (κ2) is 6.87. The van der Waals surface area contributed by atoms with Crippen LogP contribution in [0.4, 0.5) is 0 Å².